The van der Waals surface area contributed by atoms with Crippen LogP contribution in [0.2, 0.25) is 0 Å². The molecule has 0 saturated carbocycles. The van der Waals surface area contributed by atoms with Crippen LogP contribution in [0.15, 0.2) is 12.4 Å². The van der Waals surface area contributed by atoms with Crippen LogP contribution in [-0.2, 0) is 4.79 Å². The molecule has 1 aromatic rings. The van der Waals surface area contributed by atoms with Gasteiger partial charge in [0.05, 0.1) is 24.0 Å². The van der Waals surface area contributed by atoms with Gasteiger partial charge < -0.3 is 10.6 Å². The van der Waals surface area contributed by atoms with E-state index in [4.69, 9.17) is 0 Å². The number of hydrogen-bond donors (Lipinski definition) is 2. The number of hydrogen-bond acceptors (Lipinski definition) is 4. The van der Waals surface area contributed by atoms with Crippen molar-refractivity contribution in [2.24, 2.45) is 5.92 Å². The highest BCUT2D eigenvalue weighted by atomic mass is 16.1. The molecule has 1 aliphatic heterocycles. The van der Waals surface area contributed by atoms with E-state index in [0.29, 0.717) is 11.5 Å². The molecule has 0 radical (unpaired) electrons. The average Bonchev–Trinajstić information content (AvgIpc) is 2.74. The van der Waals surface area contributed by atoms with Crippen LogP contribution in [0.5, 0.6) is 0 Å². The number of aromatic nitrogens is 2. The molecule has 2 rings (SSSR count). The largest absolute Gasteiger partial charge is 0.323 e. The van der Waals surface area contributed by atoms with Gasteiger partial charge in [-0.15, -0.1) is 0 Å². The van der Waals surface area contributed by atoms with Gasteiger partial charge >= 0.3 is 0 Å². The third kappa shape index (κ3) is 2.50. The minimum absolute atomic E-state index is 0.0486. The molecule has 1 aliphatic rings. The summed E-state index contributed by atoms with van der Waals surface area (Å²) in [4.78, 5) is 19.7. The zero-order valence-corrected chi connectivity index (χ0v) is 8.66. The fourth-order valence-corrected chi connectivity index (χ4v) is 1.58. The van der Waals surface area contributed by atoms with Gasteiger partial charge in [-0.05, 0) is 19.9 Å². The maximum Gasteiger partial charge on any atom is 0.228 e. The van der Waals surface area contributed by atoms with Crippen molar-refractivity contribution >= 4 is 11.6 Å². The van der Waals surface area contributed by atoms with Crippen molar-refractivity contribution in [1.29, 1.82) is 0 Å². The molecule has 1 fully saturated rings. The zero-order chi connectivity index (χ0) is 10.7. The fourth-order valence-electron chi connectivity index (χ4n) is 1.58. The number of amides is 1. The first-order valence-corrected chi connectivity index (χ1v) is 5.06. The highest BCUT2D eigenvalue weighted by Crippen LogP contribution is 2.11. The van der Waals surface area contributed by atoms with Gasteiger partial charge in [-0.2, -0.15) is 0 Å². The van der Waals surface area contributed by atoms with Gasteiger partial charge in [0.25, 0.3) is 0 Å². The maximum atomic E-state index is 11.7. The van der Waals surface area contributed by atoms with Gasteiger partial charge in [-0.25, -0.2) is 9.97 Å². The first-order valence-electron chi connectivity index (χ1n) is 5.06. The maximum absolute atomic E-state index is 11.7. The fraction of sp³-hybridized carbons (Fsp3) is 0.500. The summed E-state index contributed by atoms with van der Waals surface area (Å²) in [6.07, 6.45) is 4.16. The predicted molar refractivity (Wildman–Crippen MR) is 56.4 cm³/mol. The van der Waals surface area contributed by atoms with E-state index in [9.17, 15) is 4.79 Å². The van der Waals surface area contributed by atoms with Crippen molar-refractivity contribution in [3.05, 3.63) is 18.2 Å². The Morgan fingerprint density at radius 3 is 2.87 bits per heavy atom. The summed E-state index contributed by atoms with van der Waals surface area (Å²) in [6.45, 7) is 3.49. The van der Waals surface area contributed by atoms with Crippen LogP contribution >= 0.6 is 0 Å². The molecule has 1 saturated heterocycles. The molecule has 0 aliphatic carbocycles. The van der Waals surface area contributed by atoms with Crippen LogP contribution in [-0.4, -0.2) is 29.0 Å². The second-order valence-corrected chi connectivity index (χ2v) is 3.70. The number of carbonyl (C=O) groups excluding carboxylic acids is 1. The number of aryl methyl sites for hydroxylation is 1. The monoisotopic (exact) mass is 206 g/mol. The Morgan fingerprint density at radius 1 is 1.53 bits per heavy atom. The lowest BCUT2D eigenvalue weighted by atomic mass is 10.1. The number of nitrogens with one attached hydrogen (secondary N) is 2. The standard InChI is InChI=1S/C10H14N4O/c1-7-12-5-9(6-13-7)14-10(15)8-2-3-11-4-8/h5-6,8,11H,2-4H2,1H3,(H,14,15)/t8-/m0/s1. The lowest BCUT2D eigenvalue weighted by Crippen LogP contribution is -2.24. The van der Waals surface area contributed by atoms with Gasteiger partial charge in [0.2, 0.25) is 5.91 Å². The molecule has 1 amide bonds. The van der Waals surface area contributed by atoms with Crippen LogP contribution in [0.4, 0.5) is 5.69 Å². The second kappa shape index (κ2) is 4.35. The van der Waals surface area contributed by atoms with Crippen molar-refractivity contribution in [2.75, 3.05) is 18.4 Å². The average molecular weight is 206 g/mol. The number of carbonyl (C=O) groups is 1. The van der Waals surface area contributed by atoms with Gasteiger partial charge in [0.1, 0.15) is 5.82 Å². The van der Waals surface area contributed by atoms with Crippen LogP contribution in [0.25, 0.3) is 0 Å². The Bertz CT molecular complexity index is 343. The predicted octanol–water partition coefficient (Wildman–Crippen LogP) is 0.333. The van der Waals surface area contributed by atoms with Crippen LogP contribution < -0.4 is 10.6 Å². The summed E-state index contributed by atoms with van der Waals surface area (Å²) in [5, 5.41) is 5.96. The number of nitrogens with zero attached hydrogens (tertiary/aromatic N) is 2. The van der Waals surface area contributed by atoms with E-state index in [1.165, 1.54) is 0 Å². The first-order chi connectivity index (χ1) is 7.25. The normalized spacial score (nSPS) is 20.2. The smallest absolute Gasteiger partial charge is 0.228 e. The molecule has 5 nitrogen and oxygen atoms in total. The summed E-state index contributed by atoms with van der Waals surface area (Å²) >= 11 is 0. The van der Waals surface area contributed by atoms with E-state index in [1.807, 2.05) is 6.92 Å². The van der Waals surface area contributed by atoms with E-state index >= 15 is 0 Å². The Labute approximate surface area is 88.3 Å². The summed E-state index contributed by atoms with van der Waals surface area (Å²) in [5.74, 6) is 0.828. The Hall–Kier alpha value is -1.49. The van der Waals surface area contributed by atoms with Gasteiger partial charge in [-0.1, -0.05) is 0 Å². The van der Waals surface area contributed by atoms with Crippen LogP contribution in [0.1, 0.15) is 12.2 Å². The van der Waals surface area contributed by atoms with Crippen molar-refractivity contribution in [3.8, 4) is 0 Å². The third-order valence-electron chi connectivity index (χ3n) is 2.48. The molecular weight excluding hydrogens is 192 g/mol. The van der Waals surface area contributed by atoms with Crippen LogP contribution in [0, 0.1) is 12.8 Å². The molecule has 0 aromatic carbocycles. The Morgan fingerprint density at radius 2 is 2.27 bits per heavy atom. The van der Waals surface area contributed by atoms with E-state index in [1.54, 1.807) is 12.4 Å². The lowest BCUT2D eigenvalue weighted by Gasteiger charge is -2.08. The van der Waals surface area contributed by atoms with Crippen molar-refractivity contribution in [2.45, 2.75) is 13.3 Å². The summed E-state index contributed by atoms with van der Waals surface area (Å²) in [6, 6.07) is 0. The highest BCUT2D eigenvalue weighted by Gasteiger charge is 2.22. The van der Waals surface area contributed by atoms with E-state index in [-0.39, 0.29) is 11.8 Å². The third-order valence-corrected chi connectivity index (χ3v) is 2.48. The molecule has 5 heteroatoms. The van der Waals surface area contributed by atoms with Crippen molar-refractivity contribution < 1.29 is 4.79 Å². The molecule has 0 unspecified atom stereocenters. The summed E-state index contributed by atoms with van der Waals surface area (Å²) < 4.78 is 0. The lowest BCUT2D eigenvalue weighted by molar-refractivity contribution is -0.119. The van der Waals surface area contributed by atoms with Crippen LogP contribution in [0.3, 0.4) is 0 Å². The minimum atomic E-state index is 0.0486. The molecule has 2 heterocycles. The minimum Gasteiger partial charge on any atom is -0.323 e. The number of rotatable bonds is 2. The topological polar surface area (TPSA) is 66.9 Å². The highest BCUT2D eigenvalue weighted by molar-refractivity contribution is 5.92. The molecular formula is C10H14N4O. The summed E-state index contributed by atoms with van der Waals surface area (Å²) in [7, 11) is 0. The van der Waals surface area contributed by atoms with Gasteiger partial charge in [-0.3, -0.25) is 4.79 Å². The SMILES string of the molecule is Cc1ncc(NC(=O)[C@H]2CCNC2)cn1. The molecule has 2 N–H and O–H groups in total. The summed E-state index contributed by atoms with van der Waals surface area (Å²) in [5.41, 5.74) is 0.664. The zero-order valence-electron chi connectivity index (χ0n) is 8.66. The molecule has 15 heavy (non-hydrogen) atoms. The van der Waals surface area contributed by atoms with Crippen molar-refractivity contribution in [3.63, 3.8) is 0 Å². The molecule has 1 atom stereocenters. The van der Waals surface area contributed by atoms with Gasteiger partial charge in [0, 0.05) is 6.54 Å². The van der Waals surface area contributed by atoms with E-state index in [2.05, 4.69) is 20.6 Å². The Balaban J connectivity index is 1.96. The van der Waals surface area contributed by atoms with Gasteiger partial charge in [0.15, 0.2) is 0 Å². The molecule has 80 valence electrons. The van der Waals surface area contributed by atoms with E-state index < -0.39 is 0 Å². The Kier molecular flexibility index (Phi) is 2.91. The second-order valence-electron chi connectivity index (χ2n) is 3.70. The van der Waals surface area contributed by atoms with Crippen molar-refractivity contribution in [1.82, 2.24) is 15.3 Å². The quantitative estimate of drug-likeness (QED) is 0.732. The molecule has 0 bridgehead atoms. The van der Waals surface area contributed by atoms with E-state index in [0.717, 1.165) is 19.5 Å². The molecule has 0 spiro atoms. The number of anilines is 1. The first kappa shape index (κ1) is 10.0. The molecule has 1 aromatic heterocycles.